The molecule has 4 heteroatoms. The number of ether oxygens (including phenoxy) is 1. The molecule has 0 radical (unpaired) electrons. The molecule has 0 heterocycles. The minimum atomic E-state index is -0.840. The van der Waals surface area contributed by atoms with Crippen LogP contribution >= 0.6 is 0 Å². The van der Waals surface area contributed by atoms with E-state index in [1.54, 1.807) is 0 Å². The minimum Gasteiger partial charge on any atom is -0.481 e. The van der Waals surface area contributed by atoms with Crippen molar-refractivity contribution in [3.63, 3.8) is 0 Å². The van der Waals surface area contributed by atoms with Gasteiger partial charge in [0.05, 0.1) is 11.8 Å². The summed E-state index contributed by atoms with van der Waals surface area (Å²) in [5.74, 6) is -1.29. The third-order valence-corrected chi connectivity index (χ3v) is 6.61. The summed E-state index contributed by atoms with van der Waals surface area (Å²) < 4.78 is 5.90. The van der Waals surface area contributed by atoms with E-state index in [0.29, 0.717) is 12.8 Å². The molecule has 4 nitrogen and oxygen atoms in total. The second-order valence-corrected chi connectivity index (χ2v) is 9.84. The summed E-state index contributed by atoms with van der Waals surface area (Å²) >= 11 is 0. The summed E-state index contributed by atoms with van der Waals surface area (Å²) in [6, 6.07) is 0. The Kier molecular flexibility index (Phi) is 14.9. The maximum absolute atomic E-state index is 12.8. The first-order valence-corrected chi connectivity index (χ1v) is 12.9. The highest BCUT2D eigenvalue weighted by Crippen LogP contribution is 2.32. The zero-order valence-corrected chi connectivity index (χ0v) is 20.0. The van der Waals surface area contributed by atoms with Crippen LogP contribution in [0.1, 0.15) is 130 Å². The lowest BCUT2D eigenvalue weighted by atomic mass is 9.79. The van der Waals surface area contributed by atoms with Gasteiger partial charge in [-0.15, -0.1) is 0 Å². The summed E-state index contributed by atoms with van der Waals surface area (Å²) in [6.07, 6.45) is 18.5. The zero-order chi connectivity index (χ0) is 22.2. The highest BCUT2D eigenvalue weighted by molar-refractivity contribution is 5.81. The number of rotatable bonds is 17. The van der Waals surface area contributed by atoms with Crippen LogP contribution in [0.5, 0.6) is 0 Å². The lowest BCUT2D eigenvalue weighted by Gasteiger charge is -2.28. The second-order valence-electron chi connectivity index (χ2n) is 9.84. The number of unbranched alkanes of at least 4 members (excludes halogenated alkanes) is 8. The Labute approximate surface area is 185 Å². The Morgan fingerprint density at radius 3 is 1.83 bits per heavy atom. The van der Waals surface area contributed by atoms with Crippen LogP contribution < -0.4 is 0 Å². The van der Waals surface area contributed by atoms with Gasteiger partial charge < -0.3 is 9.84 Å². The van der Waals surface area contributed by atoms with Crippen LogP contribution in [0.15, 0.2) is 0 Å². The first-order valence-electron chi connectivity index (χ1n) is 12.9. The van der Waals surface area contributed by atoms with E-state index in [0.717, 1.165) is 57.3 Å². The van der Waals surface area contributed by atoms with Gasteiger partial charge in [-0.2, -0.15) is 0 Å². The number of carbonyl (C=O) groups excluding carboxylic acids is 1. The maximum atomic E-state index is 12.8. The lowest BCUT2D eigenvalue weighted by molar-refractivity contribution is -0.164. The molecule has 1 saturated carbocycles. The fourth-order valence-electron chi connectivity index (χ4n) is 4.65. The molecule has 176 valence electrons. The van der Waals surface area contributed by atoms with Crippen molar-refractivity contribution in [3.8, 4) is 0 Å². The van der Waals surface area contributed by atoms with Gasteiger partial charge >= 0.3 is 11.9 Å². The fourth-order valence-corrected chi connectivity index (χ4v) is 4.65. The Bertz CT molecular complexity index is 460. The van der Waals surface area contributed by atoms with Gasteiger partial charge in [0.15, 0.2) is 0 Å². The van der Waals surface area contributed by atoms with Gasteiger partial charge in [0.25, 0.3) is 0 Å². The van der Waals surface area contributed by atoms with Gasteiger partial charge in [0.2, 0.25) is 0 Å². The highest BCUT2D eigenvalue weighted by Gasteiger charge is 2.37. The molecule has 0 aromatic heterocycles. The largest absolute Gasteiger partial charge is 0.481 e. The van der Waals surface area contributed by atoms with Gasteiger partial charge in [0, 0.05) is 0 Å². The molecule has 0 amide bonds. The molecule has 0 aliphatic heterocycles. The average molecular weight is 425 g/mol. The SMILES string of the molecule is CCCCCC(CCCCCCCCCC(C)C)OC(=O)C1CCCCC1C(=O)O. The molecule has 0 bridgehead atoms. The van der Waals surface area contributed by atoms with Gasteiger partial charge in [-0.1, -0.05) is 91.4 Å². The van der Waals surface area contributed by atoms with Gasteiger partial charge in [-0.3, -0.25) is 9.59 Å². The Morgan fingerprint density at radius 1 is 0.800 bits per heavy atom. The number of esters is 1. The molecule has 30 heavy (non-hydrogen) atoms. The van der Waals surface area contributed by atoms with E-state index in [2.05, 4.69) is 20.8 Å². The van der Waals surface area contributed by atoms with E-state index in [4.69, 9.17) is 4.74 Å². The molecule has 1 rings (SSSR count). The predicted molar refractivity (Wildman–Crippen MR) is 123 cm³/mol. The molecule has 1 aliphatic rings. The normalized spacial score (nSPS) is 20.3. The predicted octanol–water partition coefficient (Wildman–Crippen LogP) is 7.54. The van der Waals surface area contributed by atoms with Gasteiger partial charge in [0.1, 0.15) is 6.10 Å². The van der Waals surface area contributed by atoms with E-state index < -0.39 is 17.8 Å². The van der Waals surface area contributed by atoms with Crippen molar-refractivity contribution >= 4 is 11.9 Å². The van der Waals surface area contributed by atoms with Gasteiger partial charge in [-0.05, 0) is 44.4 Å². The Hall–Kier alpha value is -1.06. The first-order chi connectivity index (χ1) is 14.5. The summed E-state index contributed by atoms with van der Waals surface area (Å²) in [5.41, 5.74) is 0. The number of carboxylic acids is 1. The molecule has 0 aromatic carbocycles. The average Bonchev–Trinajstić information content (AvgIpc) is 2.72. The Balaban J connectivity index is 2.34. The molecule has 0 aromatic rings. The monoisotopic (exact) mass is 424 g/mol. The highest BCUT2D eigenvalue weighted by atomic mass is 16.5. The third-order valence-electron chi connectivity index (χ3n) is 6.61. The summed E-state index contributed by atoms with van der Waals surface area (Å²) in [5, 5.41) is 9.46. The number of carboxylic acid groups (broad SMARTS) is 1. The lowest BCUT2D eigenvalue weighted by Crippen LogP contribution is -2.35. The number of hydrogen-bond donors (Lipinski definition) is 1. The van der Waals surface area contributed by atoms with Crippen LogP contribution in [0.2, 0.25) is 0 Å². The smallest absolute Gasteiger partial charge is 0.310 e. The van der Waals surface area contributed by atoms with E-state index in [-0.39, 0.29) is 12.1 Å². The van der Waals surface area contributed by atoms with Crippen molar-refractivity contribution in [1.82, 2.24) is 0 Å². The molecule has 3 atom stereocenters. The van der Waals surface area contributed by atoms with Gasteiger partial charge in [-0.25, -0.2) is 0 Å². The number of hydrogen-bond acceptors (Lipinski definition) is 3. The topological polar surface area (TPSA) is 63.6 Å². The molecule has 3 unspecified atom stereocenters. The van der Waals surface area contributed by atoms with Crippen LogP contribution in [-0.4, -0.2) is 23.1 Å². The van der Waals surface area contributed by atoms with E-state index in [1.807, 2.05) is 0 Å². The molecule has 1 aliphatic carbocycles. The van der Waals surface area contributed by atoms with Crippen molar-refractivity contribution in [3.05, 3.63) is 0 Å². The molecule has 0 saturated heterocycles. The van der Waals surface area contributed by atoms with Crippen molar-refractivity contribution < 1.29 is 19.4 Å². The molecular weight excluding hydrogens is 376 g/mol. The summed E-state index contributed by atoms with van der Waals surface area (Å²) in [6.45, 7) is 6.77. The molecule has 1 N–H and O–H groups in total. The van der Waals surface area contributed by atoms with Crippen molar-refractivity contribution in [1.29, 1.82) is 0 Å². The quantitative estimate of drug-likeness (QED) is 0.193. The first kappa shape index (κ1) is 27.0. The van der Waals surface area contributed by atoms with E-state index >= 15 is 0 Å². The van der Waals surface area contributed by atoms with E-state index in [9.17, 15) is 14.7 Å². The van der Waals surface area contributed by atoms with Crippen LogP contribution in [0.3, 0.4) is 0 Å². The van der Waals surface area contributed by atoms with Crippen LogP contribution in [0.4, 0.5) is 0 Å². The second kappa shape index (κ2) is 16.6. The van der Waals surface area contributed by atoms with Crippen LogP contribution in [0.25, 0.3) is 0 Å². The molecule has 0 spiro atoms. The minimum absolute atomic E-state index is 0.0357. The third kappa shape index (κ3) is 12.0. The van der Waals surface area contributed by atoms with Crippen LogP contribution in [0, 0.1) is 17.8 Å². The fraction of sp³-hybridized carbons (Fsp3) is 0.923. The van der Waals surface area contributed by atoms with E-state index in [1.165, 1.54) is 44.9 Å². The van der Waals surface area contributed by atoms with Crippen molar-refractivity contribution in [2.24, 2.45) is 17.8 Å². The number of aliphatic carboxylic acids is 1. The van der Waals surface area contributed by atoms with Crippen molar-refractivity contribution in [2.45, 2.75) is 136 Å². The van der Waals surface area contributed by atoms with Crippen molar-refractivity contribution in [2.75, 3.05) is 0 Å². The molecular formula is C26H48O4. The summed E-state index contributed by atoms with van der Waals surface area (Å²) in [4.78, 5) is 24.3. The standard InChI is InChI=1S/C26H48O4/c1-4-5-11-17-22(18-13-10-8-6-7-9-12-16-21(2)3)30-26(29)24-20-15-14-19-23(24)25(27)28/h21-24H,4-20H2,1-3H3,(H,27,28). The number of carbonyl (C=O) groups is 2. The Morgan fingerprint density at radius 2 is 1.30 bits per heavy atom. The molecule has 1 fully saturated rings. The maximum Gasteiger partial charge on any atom is 0.310 e. The zero-order valence-electron chi connectivity index (χ0n) is 20.0. The summed E-state index contributed by atoms with van der Waals surface area (Å²) in [7, 11) is 0. The van der Waals surface area contributed by atoms with Crippen LogP contribution in [-0.2, 0) is 14.3 Å².